The second-order valence-electron chi connectivity index (χ2n) is 5.66. The number of benzene rings is 1. The van der Waals surface area contributed by atoms with Crippen LogP contribution in [0.1, 0.15) is 56.3 Å². The van der Waals surface area contributed by atoms with Crippen LogP contribution in [0, 0.1) is 5.92 Å². The molecule has 3 atom stereocenters. The third-order valence-electron chi connectivity index (χ3n) is 3.97. The topological polar surface area (TPSA) is 26.3 Å². The van der Waals surface area contributed by atoms with Gasteiger partial charge >= 0.3 is 0 Å². The van der Waals surface area contributed by atoms with Gasteiger partial charge in [0.25, 0.3) is 0 Å². The Labute approximate surface area is 116 Å². The number of ketones is 1. The number of rotatable bonds is 5. The monoisotopic (exact) mass is 260 g/mol. The van der Waals surface area contributed by atoms with Gasteiger partial charge in [-0.2, -0.15) is 0 Å². The fourth-order valence-corrected chi connectivity index (χ4v) is 2.87. The Morgan fingerprint density at radius 2 is 2.05 bits per heavy atom. The van der Waals surface area contributed by atoms with Crippen molar-refractivity contribution in [3.8, 4) is 0 Å². The lowest BCUT2D eigenvalue weighted by Crippen LogP contribution is -2.31. The summed E-state index contributed by atoms with van der Waals surface area (Å²) in [7, 11) is 0. The molecular formula is C17H24O2. The van der Waals surface area contributed by atoms with Crippen molar-refractivity contribution in [1.29, 1.82) is 0 Å². The minimum Gasteiger partial charge on any atom is -0.367 e. The van der Waals surface area contributed by atoms with Crippen molar-refractivity contribution in [2.75, 3.05) is 0 Å². The predicted octanol–water partition coefficient (Wildman–Crippen LogP) is 4.24. The van der Waals surface area contributed by atoms with Crippen molar-refractivity contribution in [1.82, 2.24) is 0 Å². The number of Topliss-reactive ketones (excluding diaryl/α,β-unsaturated/α-hetero) is 1. The Balaban J connectivity index is 1.98. The quantitative estimate of drug-likeness (QED) is 0.740. The molecule has 1 aliphatic carbocycles. The van der Waals surface area contributed by atoms with Crippen LogP contribution < -0.4 is 0 Å². The van der Waals surface area contributed by atoms with E-state index in [9.17, 15) is 4.79 Å². The zero-order valence-corrected chi connectivity index (χ0v) is 12.0. The molecule has 0 amide bonds. The molecule has 1 aliphatic rings. The maximum Gasteiger partial charge on any atom is 0.191 e. The summed E-state index contributed by atoms with van der Waals surface area (Å²) in [5.74, 6) is 0.851. The molecule has 0 spiro atoms. The lowest BCUT2D eigenvalue weighted by molar-refractivity contribution is -0.0282. The summed E-state index contributed by atoms with van der Waals surface area (Å²) in [5, 5.41) is 0. The first kappa shape index (κ1) is 14.3. The van der Waals surface area contributed by atoms with Crippen LogP contribution in [-0.2, 0) is 4.74 Å². The molecule has 0 bridgehead atoms. The lowest BCUT2D eigenvalue weighted by atomic mass is 9.88. The van der Waals surface area contributed by atoms with E-state index in [0.29, 0.717) is 0 Å². The summed E-state index contributed by atoms with van der Waals surface area (Å²) in [6.07, 6.45) is 5.45. The first-order valence-electron chi connectivity index (χ1n) is 7.45. The van der Waals surface area contributed by atoms with Gasteiger partial charge in [-0.05, 0) is 25.2 Å². The Morgan fingerprint density at radius 3 is 2.68 bits per heavy atom. The third-order valence-corrected chi connectivity index (χ3v) is 3.97. The minimum absolute atomic E-state index is 0.126. The van der Waals surface area contributed by atoms with E-state index in [0.717, 1.165) is 30.7 Å². The SMILES string of the molecule is CCC(OC1CCCC(C)C1)C(=O)c1ccccc1. The van der Waals surface area contributed by atoms with Crippen LogP contribution in [0.2, 0.25) is 0 Å². The van der Waals surface area contributed by atoms with Crippen molar-refractivity contribution in [2.24, 2.45) is 5.92 Å². The standard InChI is InChI=1S/C17H24O2/c1-3-16(17(18)14-9-5-4-6-10-14)19-15-11-7-8-13(2)12-15/h4-6,9-10,13,15-16H,3,7-8,11-12H2,1-2H3. The first-order chi connectivity index (χ1) is 9.20. The van der Waals surface area contributed by atoms with Crippen LogP contribution in [0.4, 0.5) is 0 Å². The first-order valence-corrected chi connectivity index (χ1v) is 7.45. The van der Waals surface area contributed by atoms with Gasteiger partial charge in [-0.15, -0.1) is 0 Å². The Kier molecular flexibility index (Phi) is 5.15. The highest BCUT2D eigenvalue weighted by molar-refractivity contribution is 5.99. The van der Waals surface area contributed by atoms with E-state index in [1.165, 1.54) is 12.8 Å². The zero-order valence-electron chi connectivity index (χ0n) is 12.0. The fourth-order valence-electron chi connectivity index (χ4n) is 2.87. The van der Waals surface area contributed by atoms with Crippen molar-refractivity contribution >= 4 is 5.78 Å². The largest absolute Gasteiger partial charge is 0.367 e. The second kappa shape index (κ2) is 6.85. The van der Waals surface area contributed by atoms with Crippen LogP contribution in [0.3, 0.4) is 0 Å². The van der Waals surface area contributed by atoms with E-state index in [2.05, 4.69) is 6.92 Å². The summed E-state index contributed by atoms with van der Waals surface area (Å²) < 4.78 is 6.08. The van der Waals surface area contributed by atoms with Crippen molar-refractivity contribution < 1.29 is 9.53 Å². The Hall–Kier alpha value is -1.15. The number of carbonyl (C=O) groups excluding carboxylic acids is 1. The minimum atomic E-state index is -0.280. The van der Waals surface area contributed by atoms with Crippen LogP contribution in [0.15, 0.2) is 30.3 Å². The van der Waals surface area contributed by atoms with E-state index in [1.54, 1.807) is 0 Å². The fraction of sp³-hybridized carbons (Fsp3) is 0.588. The molecule has 1 aromatic carbocycles. The maximum atomic E-state index is 12.4. The second-order valence-corrected chi connectivity index (χ2v) is 5.66. The lowest BCUT2D eigenvalue weighted by Gasteiger charge is -2.29. The van der Waals surface area contributed by atoms with Crippen LogP contribution in [0.25, 0.3) is 0 Å². The molecule has 0 aromatic heterocycles. The van der Waals surface area contributed by atoms with E-state index < -0.39 is 0 Å². The van der Waals surface area contributed by atoms with Gasteiger partial charge in [0.2, 0.25) is 0 Å². The molecule has 1 saturated carbocycles. The average molecular weight is 260 g/mol. The third kappa shape index (κ3) is 3.90. The van der Waals surface area contributed by atoms with Gasteiger partial charge in [-0.1, -0.05) is 57.0 Å². The molecule has 104 valence electrons. The molecule has 2 rings (SSSR count). The Morgan fingerprint density at radius 1 is 1.32 bits per heavy atom. The summed E-state index contributed by atoms with van der Waals surface area (Å²) >= 11 is 0. The normalized spacial score (nSPS) is 24.9. The molecule has 19 heavy (non-hydrogen) atoms. The zero-order chi connectivity index (χ0) is 13.7. The van der Waals surface area contributed by atoms with Gasteiger partial charge in [0.05, 0.1) is 6.10 Å². The molecule has 3 unspecified atom stereocenters. The molecule has 0 saturated heterocycles. The highest BCUT2D eigenvalue weighted by atomic mass is 16.5. The number of ether oxygens (including phenoxy) is 1. The van der Waals surface area contributed by atoms with Gasteiger partial charge in [-0.25, -0.2) is 0 Å². The van der Waals surface area contributed by atoms with Gasteiger partial charge in [0.1, 0.15) is 6.10 Å². The summed E-state index contributed by atoms with van der Waals surface area (Å²) in [4.78, 5) is 12.4. The molecular weight excluding hydrogens is 236 g/mol. The van der Waals surface area contributed by atoms with E-state index in [-0.39, 0.29) is 18.0 Å². The van der Waals surface area contributed by atoms with E-state index in [4.69, 9.17) is 4.74 Å². The maximum absolute atomic E-state index is 12.4. The predicted molar refractivity (Wildman–Crippen MR) is 77.4 cm³/mol. The highest BCUT2D eigenvalue weighted by Gasteiger charge is 2.26. The summed E-state index contributed by atoms with van der Waals surface area (Å²) in [6, 6.07) is 9.49. The number of hydrogen-bond acceptors (Lipinski definition) is 2. The summed E-state index contributed by atoms with van der Waals surface area (Å²) in [5.41, 5.74) is 0.762. The number of hydrogen-bond donors (Lipinski definition) is 0. The van der Waals surface area contributed by atoms with Gasteiger partial charge in [0, 0.05) is 5.56 Å². The van der Waals surface area contributed by atoms with Crippen molar-refractivity contribution in [3.63, 3.8) is 0 Å². The average Bonchev–Trinajstić information content (AvgIpc) is 2.45. The molecule has 2 nitrogen and oxygen atoms in total. The van der Waals surface area contributed by atoms with Crippen molar-refractivity contribution in [3.05, 3.63) is 35.9 Å². The Bertz CT molecular complexity index is 399. The van der Waals surface area contributed by atoms with Crippen LogP contribution in [0.5, 0.6) is 0 Å². The molecule has 0 N–H and O–H groups in total. The van der Waals surface area contributed by atoms with E-state index in [1.807, 2.05) is 37.3 Å². The van der Waals surface area contributed by atoms with Crippen LogP contribution >= 0.6 is 0 Å². The summed E-state index contributed by atoms with van der Waals surface area (Å²) in [6.45, 7) is 4.30. The molecule has 0 heterocycles. The van der Waals surface area contributed by atoms with Gasteiger partial charge in [0.15, 0.2) is 5.78 Å². The molecule has 0 aliphatic heterocycles. The molecule has 0 radical (unpaired) electrons. The molecule has 1 aromatic rings. The highest BCUT2D eigenvalue weighted by Crippen LogP contribution is 2.27. The van der Waals surface area contributed by atoms with Gasteiger partial charge < -0.3 is 4.74 Å². The molecule has 1 fully saturated rings. The van der Waals surface area contributed by atoms with Crippen LogP contribution in [-0.4, -0.2) is 18.0 Å². The number of carbonyl (C=O) groups is 1. The van der Waals surface area contributed by atoms with Gasteiger partial charge in [-0.3, -0.25) is 4.79 Å². The van der Waals surface area contributed by atoms with E-state index >= 15 is 0 Å². The molecule has 2 heteroatoms. The van der Waals surface area contributed by atoms with Crippen molar-refractivity contribution in [2.45, 2.75) is 58.2 Å². The smallest absolute Gasteiger partial charge is 0.191 e.